The van der Waals surface area contributed by atoms with Crippen molar-refractivity contribution in [1.29, 1.82) is 0 Å². The maximum absolute atomic E-state index is 13.0. The van der Waals surface area contributed by atoms with Crippen LogP contribution in [0.4, 0.5) is 0 Å². The summed E-state index contributed by atoms with van der Waals surface area (Å²) in [5.41, 5.74) is 0. The van der Waals surface area contributed by atoms with Crippen molar-refractivity contribution in [3.05, 3.63) is 0 Å². The Bertz CT molecular complexity index is 1240. The van der Waals surface area contributed by atoms with Crippen LogP contribution >= 0.6 is 0 Å². The van der Waals surface area contributed by atoms with E-state index in [1.54, 1.807) is 0 Å². The van der Waals surface area contributed by atoms with Crippen molar-refractivity contribution in [2.75, 3.05) is 39.5 Å². The molecule has 4 rings (SSSR count). The van der Waals surface area contributed by atoms with Crippen molar-refractivity contribution >= 4 is 43.8 Å². The van der Waals surface area contributed by atoms with Crippen LogP contribution in [0.3, 0.4) is 0 Å². The number of ether oxygens (including phenoxy) is 6. The van der Waals surface area contributed by atoms with Crippen LogP contribution in [-0.2, 0) is 57.2 Å². The molecule has 0 aromatic heterocycles. The van der Waals surface area contributed by atoms with E-state index in [-0.39, 0.29) is 63.1 Å². The minimum atomic E-state index is -0.916. The van der Waals surface area contributed by atoms with Gasteiger partial charge in [-0.05, 0) is 101 Å². The molecule has 14 heteroatoms. The van der Waals surface area contributed by atoms with Gasteiger partial charge in [0.2, 0.25) is 0 Å². The van der Waals surface area contributed by atoms with E-state index in [1.165, 1.54) is 133 Å². The van der Waals surface area contributed by atoms with Crippen LogP contribution in [0.5, 0.6) is 0 Å². The molecule has 0 bridgehead atoms. The van der Waals surface area contributed by atoms with Crippen molar-refractivity contribution in [3.8, 4) is 0 Å². The predicted octanol–water partition coefficient (Wildman–Crippen LogP) is 10.9. The molecular formula is C54H90BNO12. The fourth-order valence-electron chi connectivity index (χ4n) is 10.8. The summed E-state index contributed by atoms with van der Waals surface area (Å²) in [5, 5.41) is 0. The Morgan fingerprint density at radius 2 is 0.588 bits per heavy atom. The van der Waals surface area contributed by atoms with Crippen molar-refractivity contribution in [2.24, 2.45) is 23.7 Å². The molecule has 0 aliphatic heterocycles. The standard InChI is InChI=1S/C54H90BNO12/c55-56(37-17-35-53(61)67-47(39-63-49(57)31-13-27-43-19-5-1-6-20-43)40-64-50(58)32-14-28-44-21-7-2-8-22-44)38-18-36-54(62)68-48(41-65-51(59)33-15-29-45-23-9-3-10-24-45)42-66-52(60)34-16-30-46-25-11-4-12-26-46/h43-48H,1-42H2. The highest BCUT2D eigenvalue weighted by Gasteiger charge is 2.24. The molecule has 0 unspecified atom stereocenters. The molecule has 68 heavy (non-hydrogen) atoms. The first-order valence-corrected chi connectivity index (χ1v) is 27.6. The highest BCUT2D eigenvalue weighted by atomic mass is 16.6. The average Bonchev–Trinajstić information content (AvgIpc) is 3.34. The first kappa shape index (κ1) is 57.4. The van der Waals surface area contributed by atoms with Crippen LogP contribution in [0.25, 0.3) is 0 Å². The van der Waals surface area contributed by atoms with Gasteiger partial charge in [0.15, 0.2) is 20.2 Å². The normalized spacial score (nSPS) is 17.8. The van der Waals surface area contributed by atoms with Gasteiger partial charge in [-0.1, -0.05) is 128 Å². The van der Waals surface area contributed by atoms with E-state index in [0.717, 1.165) is 51.4 Å². The third-order valence-corrected chi connectivity index (χ3v) is 14.8. The fourth-order valence-corrected chi connectivity index (χ4v) is 10.8. The van der Waals surface area contributed by atoms with E-state index in [1.807, 2.05) is 0 Å². The topological polar surface area (TPSA) is 161 Å². The van der Waals surface area contributed by atoms with E-state index in [9.17, 15) is 28.8 Å². The Labute approximate surface area is 411 Å². The largest absolute Gasteiger partial charge is 0.462 e. The lowest BCUT2D eigenvalue weighted by Crippen LogP contribution is -2.31. The number of hydrogen-bond donors (Lipinski definition) is 0. The van der Waals surface area contributed by atoms with Crippen molar-refractivity contribution in [1.82, 2.24) is 4.81 Å². The first-order chi connectivity index (χ1) is 33.1. The van der Waals surface area contributed by atoms with Gasteiger partial charge >= 0.3 is 35.8 Å². The second kappa shape index (κ2) is 35.9. The molecule has 386 valence electrons. The van der Waals surface area contributed by atoms with Gasteiger partial charge in [0.25, 0.3) is 0 Å². The van der Waals surface area contributed by atoms with Crippen LogP contribution in [0.15, 0.2) is 0 Å². The Hall–Kier alpha value is -3.16. The molecule has 4 aliphatic rings. The molecule has 2 radical (unpaired) electrons. The summed E-state index contributed by atoms with van der Waals surface area (Å²) < 4.78 is 33.4. The number of carbonyl (C=O) groups is 6. The van der Waals surface area contributed by atoms with Crippen molar-refractivity contribution in [2.45, 2.75) is 243 Å². The Balaban J connectivity index is 1.13. The van der Waals surface area contributed by atoms with Gasteiger partial charge in [0.1, 0.15) is 26.4 Å². The second-order valence-electron chi connectivity index (χ2n) is 20.8. The Morgan fingerprint density at radius 3 is 0.838 bits per heavy atom. The molecule has 4 aliphatic carbocycles. The third kappa shape index (κ3) is 27.9. The fraction of sp³-hybridized carbons (Fsp3) is 0.889. The molecule has 0 spiro atoms. The summed E-state index contributed by atoms with van der Waals surface area (Å²) in [4.78, 5) is 78.0. The number of hydrogen-bond acceptors (Lipinski definition) is 13. The summed E-state index contributed by atoms with van der Waals surface area (Å²) in [6, 6.07) is 0. The third-order valence-electron chi connectivity index (χ3n) is 14.8. The second-order valence-corrected chi connectivity index (χ2v) is 20.8. The quantitative estimate of drug-likeness (QED) is 0.0341. The van der Waals surface area contributed by atoms with Crippen LogP contribution < -0.4 is 0 Å². The molecule has 0 N–H and O–H groups in total. The maximum Gasteiger partial charge on any atom is 0.306 e. The first-order valence-electron chi connectivity index (χ1n) is 27.6. The molecule has 0 amide bonds. The van der Waals surface area contributed by atoms with Gasteiger partial charge in [0, 0.05) is 38.5 Å². The van der Waals surface area contributed by atoms with Gasteiger partial charge in [0.05, 0.1) is 0 Å². The van der Waals surface area contributed by atoms with E-state index >= 15 is 0 Å². The van der Waals surface area contributed by atoms with Crippen LogP contribution in [0.1, 0.15) is 231 Å². The van der Waals surface area contributed by atoms with E-state index in [0.29, 0.717) is 75.3 Å². The predicted molar refractivity (Wildman–Crippen MR) is 261 cm³/mol. The SMILES string of the molecule is [B]N(CCCC(=O)OC(COC(=O)CCCC1CCCCC1)COC(=O)CCCC1CCCCC1)CCCC(=O)OC(COC(=O)CCCC1CCCCC1)COC(=O)CCCC1CCCCC1. The van der Waals surface area contributed by atoms with Crippen molar-refractivity contribution < 1.29 is 57.2 Å². The Morgan fingerprint density at radius 1 is 0.353 bits per heavy atom. The van der Waals surface area contributed by atoms with Gasteiger partial charge in [-0.15, -0.1) is 0 Å². The number of rotatable bonds is 34. The lowest BCUT2D eigenvalue weighted by molar-refractivity contribution is -0.167. The average molecular weight is 956 g/mol. The zero-order valence-electron chi connectivity index (χ0n) is 42.1. The monoisotopic (exact) mass is 956 g/mol. The maximum atomic E-state index is 13.0. The highest BCUT2D eigenvalue weighted by Crippen LogP contribution is 2.30. The minimum absolute atomic E-state index is 0.0389. The van der Waals surface area contributed by atoms with E-state index in [4.69, 9.17) is 36.4 Å². The van der Waals surface area contributed by atoms with E-state index < -0.39 is 24.1 Å². The van der Waals surface area contributed by atoms with Gasteiger partial charge in [-0.25, -0.2) is 0 Å². The molecule has 13 nitrogen and oxygen atoms in total. The smallest absolute Gasteiger partial charge is 0.306 e. The van der Waals surface area contributed by atoms with Crippen LogP contribution in [0.2, 0.25) is 0 Å². The summed E-state index contributed by atoms with van der Waals surface area (Å²) in [5.74, 6) is 0.244. The van der Waals surface area contributed by atoms with Gasteiger partial charge < -0.3 is 33.2 Å². The van der Waals surface area contributed by atoms with Crippen LogP contribution in [-0.4, -0.2) is 100 Å². The zero-order chi connectivity index (χ0) is 48.4. The van der Waals surface area contributed by atoms with Gasteiger partial charge in [-0.3, -0.25) is 28.8 Å². The summed E-state index contributed by atoms with van der Waals surface area (Å²) in [7, 11) is 6.22. The lowest BCUT2D eigenvalue weighted by atomic mass is 9.86. The molecule has 0 aromatic carbocycles. The zero-order valence-corrected chi connectivity index (χ0v) is 42.1. The minimum Gasteiger partial charge on any atom is -0.462 e. The molecule has 0 aromatic rings. The van der Waals surface area contributed by atoms with E-state index in [2.05, 4.69) is 0 Å². The number of nitrogens with zero attached hydrogens (tertiary/aromatic N) is 1. The number of esters is 6. The Kier molecular flexibility index (Phi) is 30.3. The molecule has 0 atom stereocenters. The summed E-state index contributed by atoms with van der Waals surface area (Å²) >= 11 is 0. The molecule has 4 saturated carbocycles. The summed E-state index contributed by atoms with van der Waals surface area (Å²) in [6.07, 6.45) is 32.2. The number of carbonyl (C=O) groups excluding carboxylic acids is 6. The van der Waals surface area contributed by atoms with Crippen LogP contribution in [0, 0.1) is 23.7 Å². The molecular weight excluding hydrogens is 865 g/mol. The molecule has 0 saturated heterocycles. The highest BCUT2D eigenvalue weighted by molar-refractivity contribution is 6.04. The molecule has 4 fully saturated rings. The molecule has 0 heterocycles. The lowest BCUT2D eigenvalue weighted by Gasteiger charge is -2.22. The summed E-state index contributed by atoms with van der Waals surface area (Å²) in [6.45, 7) is -0.0542. The van der Waals surface area contributed by atoms with Crippen molar-refractivity contribution in [3.63, 3.8) is 0 Å². The van der Waals surface area contributed by atoms with Gasteiger partial charge in [-0.2, -0.15) is 0 Å².